The summed E-state index contributed by atoms with van der Waals surface area (Å²) in [6.07, 6.45) is 15.4. The van der Waals surface area contributed by atoms with Gasteiger partial charge in [0.15, 0.2) is 23.1 Å². The number of aromatic nitrogens is 10. The largest absolute Gasteiger partial charge is 0.346 e. The number of rotatable bonds is 10. The highest BCUT2D eigenvalue weighted by Crippen LogP contribution is 2.28. The summed E-state index contributed by atoms with van der Waals surface area (Å²) in [6.45, 7) is 4.24. The molecule has 6 aromatic rings. The summed E-state index contributed by atoms with van der Waals surface area (Å²) >= 11 is 3.08. The summed E-state index contributed by atoms with van der Waals surface area (Å²) < 4.78 is 3.84. The molecule has 0 aliphatic carbocycles. The van der Waals surface area contributed by atoms with Crippen LogP contribution in [0.1, 0.15) is 64.5 Å². The Morgan fingerprint density at radius 2 is 1.19 bits per heavy atom. The smallest absolute Gasteiger partial charge is 0.211 e. The summed E-state index contributed by atoms with van der Waals surface area (Å²) in [4.78, 5) is 25.3. The third-order valence-corrected chi connectivity index (χ3v) is 8.81. The summed E-state index contributed by atoms with van der Waals surface area (Å²) in [5.41, 5.74) is 3.40. The summed E-state index contributed by atoms with van der Waals surface area (Å²) in [5, 5.41) is 28.7. The van der Waals surface area contributed by atoms with Crippen LogP contribution in [0, 0.1) is 22.7 Å². The number of hydrogen-bond donors (Lipinski definition) is 2. The van der Waals surface area contributed by atoms with Gasteiger partial charge in [0.1, 0.15) is 70.3 Å². The number of fused-ring (bicyclic) bond motifs is 2. The number of H-pyrrole nitrogens is 2. The summed E-state index contributed by atoms with van der Waals surface area (Å²) in [6, 6.07) is 8.70. The molecule has 1 unspecified atom stereocenters. The Labute approximate surface area is 250 Å². The molecule has 6 heterocycles. The first-order valence-electron chi connectivity index (χ1n) is 13.7. The van der Waals surface area contributed by atoms with E-state index in [1.54, 1.807) is 35.7 Å². The van der Waals surface area contributed by atoms with Gasteiger partial charge in [0.05, 0.1) is 12.1 Å². The predicted molar refractivity (Wildman–Crippen MR) is 159 cm³/mol. The molecule has 0 saturated carbocycles. The molecule has 0 saturated heterocycles. The van der Waals surface area contributed by atoms with Crippen molar-refractivity contribution in [2.75, 3.05) is 0 Å². The first-order chi connectivity index (χ1) is 20.7. The summed E-state index contributed by atoms with van der Waals surface area (Å²) in [7, 11) is 0. The number of hydrogen-bond acceptors (Lipinski definition) is 10. The van der Waals surface area contributed by atoms with Gasteiger partial charge in [-0.2, -0.15) is 10.5 Å². The van der Waals surface area contributed by atoms with Gasteiger partial charge in [0.2, 0.25) is 12.1 Å². The highest BCUT2D eigenvalue weighted by atomic mass is 32.1. The van der Waals surface area contributed by atoms with Crippen molar-refractivity contribution in [1.82, 2.24) is 40.1 Å². The first-order valence-corrected chi connectivity index (χ1v) is 15.3. The van der Waals surface area contributed by atoms with Crippen LogP contribution in [0.25, 0.3) is 43.2 Å². The molecule has 0 aromatic carbocycles. The molecular weight excluding hydrogens is 569 g/mol. The van der Waals surface area contributed by atoms with Crippen LogP contribution >= 0.6 is 23.1 Å². The predicted octanol–water partition coefficient (Wildman–Crippen LogP) is 5.25. The number of nitrogens with zero attached hydrogens (tertiary/aromatic N) is 10. The zero-order valence-electron chi connectivity index (χ0n) is 23.3. The van der Waals surface area contributed by atoms with E-state index in [1.165, 1.54) is 0 Å². The maximum Gasteiger partial charge on any atom is 0.211 e. The second-order valence-electron chi connectivity index (χ2n) is 9.54. The standard InChI is InChI=1S/2C14H14N6S/c2*1-2-3-10(4-6-15)20-19-8-12(21-20)13-11-5-7-16-14(11)18-9-17-13/h2*5,7-10H,2-4H2,1H3/p+2/t10-;/m0./s1. The van der Waals surface area contributed by atoms with Crippen LogP contribution in [0.2, 0.25) is 0 Å². The van der Waals surface area contributed by atoms with E-state index in [4.69, 9.17) is 10.5 Å². The molecule has 6 aromatic heterocycles. The van der Waals surface area contributed by atoms with E-state index in [0.717, 1.165) is 68.9 Å². The van der Waals surface area contributed by atoms with Crippen LogP contribution in [-0.2, 0) is 0 Å². The molecule has 42 heavy (non-hydrogen) atoms. The van der Waals surface area contributed by atoms with Gasteiger partial charge in [-0.25, -0.2) is 19.9 Å². The number of nitriles is 2. The van der Waals surface area contributed by atoms with Crippen molar-refractivity contribution in [1.29, 1.82) is 10.5 Å². The maximum absolute atomic E-state index is 8.95. The number of nitrogens with one attached hydrogen (secondary N) is 2. The fourth-order valence-electron chi connectivity index (χ4n) is 4.66. The van der Waals surface area contributed by atoms with Crippen molar-refractivity contribution in [2.24, 2.45) is 0 Å². The number of aromatic amines is 2. The van der Waals surface area contributed by atoms with E-state index in [1.807, 2.05) is 45.1 Å². The lowest BCUT2D eigenvalue weighted by atomic mass is 10.1. The van der Waals surface area contributed by atoms with Crippen molar-refractivity contribution >= 4 is 45.1 Å². The molecule has 0 fully saturated rings. The lowest BCUT2D eigenvalue weighted by molar-refractivity contribution is -0.715. The molecular formula is C28H30N12S2+2. The molecule has 12 nitrogen and oxygen atoms in total. The van der Waals surface area contributed by atoms with Crippen molar-refractivity contribution < 1.29 is 8.14 Å². The minimum Gasteiger partial charge on any atom is -0.346 e. The monoisotopic (exact) mass is 598 g/mol. The molecule has 0 bridgehead atoms. The topological polar surface area (TPSA) is 164 Å². The van der Waals surface area contributed by atoms with Gasteiger partial charge in [0, 0.05) is 46.2 Å². The van der Waals surface area contributed by atoms with Gasteiger partial charge in [-0.1, -0.05) is 13.8 Å². The third-order valence-electron chi connectivity index (χ3n) is 6.66. The fraction of sp³-hybridized carbons (Fsp3) is 0.357. The second-order valence-corrected chi connectivity index (χ2v) is 11.5. The molecule has 212 valence electrons. The average Bonchev–Trinajstić information content (AvgIpc) is 3.83. The van der Waals surface area contributed by atoms with Gasteiger partial charge >= 0.3 is 0 Å². The van der Waals surface area contributed by atoms with Gasteiger partial charge in [-0.15, -0.1) is 0 Å². The minimum absolute atomic E-state index is 0.141. The van der Waals surface area contributed by atoms with Crippen LogP contribution in [0.15, 0.2) is 49.6 Å². The molecule has 14 heteroatoms. The minimum atomic E-state index is 0.141. The van der Waals surface area contributed by atoms with Crippen molar-refractivity contribution in [2.45, 2.75) is 64.5 Å². The molecule has 0 spiro atoms. The quantitative estimate of drug-likeness (QED) is 0.202. The van der Waals surface area contributed by atoms with E-state index in [-0.39, 0.29) is 12.1 Å². The van der Waals surface area contributed by atoms with Crippen LogP contribution in [0.3, 0.4) is 0 Å². The fourth-order valence-corrected chi connectivity index (χ4v) is 6.59. The Balaban J connectivity index is 0.000000168. The normalized spacial score (nSPS) is 12.4. The molecule has 0 amide bonds. The first kappa shape index (κ1) is 28.9. The second kappa shape index (κ2) is 13.8. The zero-order valence-corrected chi connectivity index (χ0v) is 24.9. The van der Waals surface area contributed by atoms with Crippen LogP contribution in [-0.4, -0.2) is 40.1 Å². The Kier molecular flexibility index (Phi) is 9.48. The molecule has 2 N–H and O–H groups in total. The molecule has 0 radical (unpaired) electrons. The molecule has 2 atom stereocenters. The van der Waals surface area contributed by atoms with Crippen molar-refractivity contribution in [3.05, 3.63) is 49.6 Å². The van der Waals surface area contributed by atoms with E-state index in [0.29, 0.717) is 12.8 Å². The molecule has 6 rings (SSSR count). The van der Waals surface area contributed by atoms with Gasteiger partial charge < -0.3 is 9.97 Å². The highest BCUT2D eigenvalue weighted by Gasteiger charge is 2.26. The Bertz CT molecular complexity index is 1700. The van der Waals surface area contributed by atoms with Gasteiger partial charge in [-0.05, 0) is 33.1 Å². The van der Waals surface area contributed by atoms with Crippen LogP contribution in [0.4, 0.5) is 0 Å². The Morgan fingerprint density at radius 3 is 1.60 bits per heavy atom. The molecule has 0 aliphatic heterocycles. The van der Waals surface area contributed by atoms with E-state index >= 15 is 0 Å². The third kappa shape index (κ3) is 6.30. The van der Waals surface area contributed by atoms with E-state index < -0.39 is 0 Å². The van der Waals surface area contributed by atoms with Crippen molar-refractivity contribution in [3.8, 4) is 33.3 Å². The maximum atomic E-state index is 8.95. The van der Waals surface area contributed by atoms with Crippen LogP contribution < -0.4 is 8.14 Å². The van der Waals surface area contributed by atoms with Crippen LogP contribution in [0.5, 0.6) is 0 Å². The highest BCUT2D eigenvalue weighted by molar-refractivity contribution is 7.05. The Hall–Kier alpha value is -4.66. The SMILES string of the molecule is CCCC(CC#N)[n+]1ncc(-c2ncnc3[nH]ccc23)s1.CCC[C@@H](CC#N)[n+]1ncc(-c2ncnc3[nH]ccc23)s1. The van der Waals surface area contributed by atoms with Gasteiger partial charge in [-0.3, -0.25) is 0 Å². The summed E-state index contributed by atoms with van der Waals surface area (Å²) in [5.74, 6) is 0. The van der Waals surface area contributed by atoms with Gasteiger partial charge in [0.25, 0.3) is 0 Å². The Morgan fingerprint density at radius 1 is 0.738 bits per heavy atom. The lowest BCUT2D eigenvalue weighted by Crippen LogP contribution is -2.38. The average molecular weight is 599 g/mol. The van der Waals surface area contributed by atoms with E-state index in [2.05, 4.69) is 66.1 Å². The van der Waals surface area contributed by atoms with Crippen molar-refractivity contribution in [3.63, 3.8) is 0 Å². The van der Waals surface area contributed by atoms with E-state index in [9.17, 15) is 0 Å². The zero-order chi connectivity index (χ0) is 29.3. The molecule has 0 aliphatic rings. The lowest BCUT2D eigenvalue weighted by Gasteiger charge is -2.00.